The molecule has 31 heavy (non-hydrogen) atoms. The van der Waals surface area contributed by atoms with Crippen molar-refractivity contribution in [1.29, 1.82) is 0 Å². The molecule has 158 valence electrons. The average Bonchev–Trinajstić information content (AvgIpc) is 2.93. The molecule has 6 nitrogen and oxygen atoms in total. The lowest BCUT2D eigenvalue weighted by molar-refractivity contribution is 0.305. The Hall–Kier alpha value is -3.38. The third-order valence-electron chi connectivity index (χ3n) is 5.99. The fraction of sp³-hybridized carbons (Fsp3) is 0.280. The molecule has 3 aromatic heterocycles. The zero-order valence-electron chi connectivity index (χ0n) is 17.9. The highest BCUT2D eigenvalue weighted by molar-refractivity contribution is 5.83. The summed E-state index contributed by atoms with van der Waals surface area (Å²) in [4.78, 5) is 17.6. The molecule has 6 heteroatoms. The minimum absolute atomic E-state index is 0.161. The van der Waals surface area contributed by atoms with Crippen LogP contribution in [0.25, 0.3) is 16.9 Å². The number of fused-ring (bicyclic) bond motifs is 3. The Kier molecular flexibility index (Phi) is 5.08. The topological polar surface area (TPSA) is 61.1 Å². The van der Waals surface area contributed by atoms with Crippen LogP contribution in [0, 0.1) is 6.92 Å². The molecule has 5 rings (SSSR count). The molecule has 4 aromatic rings. The summed E-state index contributed by atoms with van der Waals surface area (Å²) in [5.74, 6) is 1.17. The first-order chi connectivity index (χ1) is 15.1. The number of rotatable bonds is 4. The highest BCUT2D eigenvalue weighted by atomic mass is 16.5. The van der Waals surface area contributed by atoms with Gasteiger partial charge in [0.25, 0.3) is 5.56 Å². The van der Waals surface area contributed by atoms with E-state index in [0.717, 1.165) is 42.5 Å². The Balaban J connectivity index is 1.42. The number of aromatic nitrogens is 3. The summed E-state index contributed by atoms with van der Waals surface area (Å²) < 4.78 is 9.55. The molecule has 1 aliphatic rings. The maximum Gasteiger partial charge on any atom is 0.259 e. The van der Waals surface area contributed by atoms with Crippen LogP contribution >= 0.6 is 0 Å². The molecule has 4 heterocycles. The lowest BCUT2D eigenvalue weighted by Crippen LogP contribution is -2.18. The summed E-state index contributed by atoms with van der Waals surface area (Å²) in [5, 5.41) is 4.64. The van der Waals surface area contributed by atoms with Crippen molar-refractivity contribution in [1.82, 2.24) is 19.4 Å². The molecule has 1 N–H and O–H groups in total. The van der Waals surface area contributed by atoms with Gasteiger partial charge in [0.15, 0.2) is 0 Å². The first-order valence-electron chi connectivity index (χ1n) is 10.7. The quantitative estimate of drug-likeness (QED) is 0.554. The SMILES string of the molecule is Cc1ccc(COc2ccn(-c3ccc4c5c(n(C)c4n3)CCCNC5)c(=O)c2)cc1. The second-order valence-electron chi connectivity index (χ2n) is 8.15. The van der Waals surface area contributed by atoms with Gasteiger partial charge in [-0.2, -0.15) is 0 Å². The first kappa shape index (κ1) is 19.6. The predicted octanol–water partition coefficient (Wildman–Crippen LogP) is 3.65. The smallest absolute Gasteiger partial charge is 0.259 e. The third-order valence-corrected chi connectivity index (χ3v) is 5.99. The van der Waals surface area contributed by atoms with Crippen molar-refractivity contribution in [3.8, 4) is 11.6 Å². The van der Waals surface area contributed by atoms with E-state index in [9.17, 15) is 4.79 Å². The van der Waals surface area contributed by atoms with Gasteiger partial charge in [-0.25, -0.2) is 4.98 Å². The average molecular weight is 415 g/mol. The van der Waals surface area contributed by atoms with Crippen molar-refractivity contribution < 1.29 is 4.74 Å². The minimum Gasteiger partial charge on any atom is -0.489 e. The van der Waals surface area contributed by atoms with Gasteiger partial charge in [-0.1, -0.05) is 29.8 Å². The standard InChI is InChI=1S/C25H26N4O2/c1-17-5-7-18(8-6-17)16-31-19-11-13-29(24(30)14-19)23-10-9-20-21-15-26-12-3-4-22(21)28(2)25(20)27-23/h5-11,13-14,26H,3-4,12,15-16H2,1-2H3. The van der Waals surface area contributed by atoms with Gasteiger partial charge in [-0.3, -0.25) is 9.36 Å². The molecular weight excluding hydrogens is 388 g/mol. The van der Waals surface area contributed by atoms with Crippen LogP contribution in [0.5, 0.6) is 5.75 Å². The van der Waals surface area contributed by atoms with Crippen molar-refractivity contribution in [2.45, 2.75) is 32.9 Å². The molecule has 1 aromatic carbocycles. The van der Waals surface area contributed by atoms with E-state index in [2.05, 4.69) is 42.1 Å². The maximum absolute atomic E-state index is 12.8. The van der Waals surface area contributed by atoms with Crippen molar-refractivity contribution in [3.05, 3.63) is 87.5 Å². The van der Waals surface area contributed by atoms with Gasteiger partial charge in [0, 0.05) is 36.9 Å². The molecule has 0 aliphatic carbocycles. The van der Waals surface area contributed by atoms with Gasteiger partial charge in [0.1, 0.15) is 23.8 Å². The van der Waals surface area contributed by atoms with Gasteiger partial charge in [0.2, 0.25) is 0 Å². The summed E-state index contributed by atoms with van der Waals surface area (Å²) in [6.45, 7) is 4.38. The molecule has 0 bridgehead atoms. The molecule has 0 amide bonds. The number of hydrogen-bond acceptors (Lipinski definition) is 4. The molecule has 0 spiro atoms. The van der Waals surface area contributed by atoms with E-state index < -0.39 is 0 Å². The number of nitrogens with zero attached hydrogens (tertiary/aromatic N) is 3. The van der Waals surface area contributed by atoms with Crippen LogP contribution in [-0.2, 0) is 26.6 Å². The number of pyridine rings is 2. The van der Waals surface area contributed by atoms with E-state index in [1.807, 2.05) is 24.3 Å². The molecule has 1 aliphatic heterocycles. The van der Waals surface area contributed by atoms with Crippen LogP contribution in [-0.4, -0.2) is 20.7 Å². The lowest BCUT2D eigenvalue weighted by Gasteiger charge is -2.09. The number of nitrogens with one attached hydrogen (secondary N) is 1. The van der Waals surface area contributed by atoms with Crippen LogP contribution in [0.4, 0.5) is 0 Å². The van der Waals surface area contributed by atoms with Crippen LogP contribution in [0.2, 0.25) is 0 Å². The van der Waals surface area contributed by atoms with Crippen LogP contribution in [0.1, 0.15) is 28.8 Å². The normalized spacial score (nSPS) is 13.7. The summed E-state index contributed by atoms with van der Waals surface area (Å²) in [5.41, 5.74) is 5.68. The zero-order chi connectivity index (χ0) is 21.4. The first-order valence-corrected chi connectivity index (χ1v) is 10.7. The molecule has 0 unspecified atom stereocenters. The second-order valence-corrected chi connectivity index (χ2v) is 8.15. The summed E-state index contributed by atoms with van der Waals surface area (Å²) >= 11 is 0. The van der Waals surface area contributed by atoms with E-state index in [1.165, 1.54) is 22.9 Å². The number of ether oxygens (including phenoxy) is 1. The molecule has 0 saturated carbocycles. The second kappa shape index (κ2) is 8.04. The molecule has 0 radical (unpaired) electrons. The van der Waals surface area contributed by atoms with Gasteiger partial charge < -0.3 is 14.6 Å². The van der Waals surface area contributed by atoms with Crippen LogP contribution in [0.15, 0.2) is 59.5 Å². The van der Waals surface area contributed by atoms with Crippen molar-refractivity contribution in [2.75, 3.05) is 6.54 Å². The Labute approximate surface area is 181 Å². The highest BCUT2D eigenvalue weighted by Crippen LogP contribution is 2.27. The number of hydrogen-bond donors (Lipinski definition) is 1. The van der Waals surface area contributed by atoms with E-state index in [1.54, 1.807) is 10.8 Å². The van der Waals surface area contributed by atoms with Crippen LogP contribution < -0.4 is 15.6 Å². The largest absolute Gasteiger partial charge is 0.489 e. The lowest BCUT2D eigenvalue weighted by atomic mass is 10.1. The molecule has 0 fully saturated rings. The van der Waals surface area contributed by atoms with E-state index >= 15 is 0 Å². The van der Waals surface area contributed by atoms with Crippen molar-refractivity contribution >= 4 is 11.0 Å². The van der Waals surface area contributed by atoms with Gasteiger partial charge in [-0.15, -0.1) is 0 Å². The maximum atomic E-state index is 12.8. The Morgan fingerprint density at radius 1 is 1.13 bits per heavy atom. The van der Waals surface area contributed by atoms with Gasteiger partial charge in [0.05, 0.1) is 0 Å². The van der Waals surface area contributed by atoms with Crippen molar-refractivity contribution in [2.24, 2.45) is 7.05 Å². The van der Waals surface area contributed by atoms with Crippen LogP contribution in [0.3, 0.4) is 0 Å². The highest BCUT2D eigenvalue weighted by Gasteiger charge is 2.18. The number of benzene rings is 1. The fourth-order valence-corrected chi connectivity index (χ4v) is 4.25. The Morgan fingerprint density at radius 2 is 1.97 bits per heavy atom. The van der Waals surface area contributed by atoms with E-state index in [0.29, 0.717) is 18.2 Å². The Bertz CT molecular complexity index is 1300. The van der Waals surface area contributed by atoms with E-state index in [-0.39, 0.29) is 5.56 Å². The predicted molar refractivity (Wildman–Crippen MR) is 122 cm³/mol. The zero-order valence-corrected chi connectivity index (χ0v) is 17.9. The van der Waals surface area contributed by atoms with Crippen molar-refractivity contribution in [3.63, 3.8) is 0 Å². The monoisotopic (exact) mass is 414 g/mol. The van der Waals surface area contributed by atoms with E-state index in [4.69, 9.17) is 9.72 Å². The molecular formula is C25H26N4O2. The summed E-state index contributed by atoms with van der Waals surface area (Å²) in [6.07, 6.45) is 3.89. The Morgan fingerprint density at radius 3 is 2.77 bits per heavy atom. The van der Waals surface area contributed by atoms with Gasteiger partial charge >= 0.3 is 0 Å². The molecule has 0 atom stereocenters. The molecule has 0 saturated heterocycles. The minimum atomic E-state index is -0.161. The number of aryl methyl sites for hydroxylation is 2. The summed E-state index contributed by atoms with van der Waals surface area (Å²) in [7, 11) is 2.06. The third kappa shape index (κ3) is 3.75. The fourth-order valence-electron chi connectivity index (χ4n) is 4.25. The van der Waals surface area contributed by atoms with Gasteiger partial charge in [-0.05, 0) is 55.6 Å². The summed E-state index contributed by atoms with van der Waals surface area (Å²) in [6, 6.07) is 15.5.